The molecule has 0 spiro atoms. The number of halogens is 1. The van der Waals surface area contributed by atoms with Crippen LogP contribution in [-0.2, 0) is 9.53 Å². The van der Waals surface area contributed by atoms with Gasteiger partial charge in [0.2, 0.25) is 0 Å². The van der Waals surface area contributed by atoms with Crippen molar-refractivity contribution in [1.29, 1.82) is 0 Å². The minimum Gasteiger partial charge on any atom is -0.463 e. The van der Waals surface area contributed by atoms with Gasteiger partial charge in [-0.25, -0.2) is 18.8 Å². The third kappa shape index (κ3) is 6.05. The van der Waals surface area contributed by atoms with Gasteiger partial charge in [0.05, 0.1) is 18.2 Å². The molecule has 0 bridgehead atoms. The van der Waals surface area contributed by atoms with E-state index in [1.54, 1.807) is 31.0 Å². The number of ether oxygens (including phenoxy) is 1. The highest BCUT2D eigenvalue weighted by atomic mass is 19.1. The zero-order chi connectivity index (χ0) is 24.8. The predicted octanol–water partition coefficient (Wildman–Crippen LogP) is 2.46. The van der Waals surface area contributed by atoms with Gasteiger partial charge in [-0.05, 0) is 44.9 Å². The van der Waals surface area contributed by atoms with Crippen LogP contribution in [0.5, 0.6) is 0 Å². The van der Waals surface area contributed by atoms with Gasteiger partial charge in [0.15, 0.2) is 0 Å². The van der Waals surface area contributed by atoms with Gasteiger partial charge in [0, 0.05) is 51.5 Å². The smallest absolute Gasteiger partial charge is 0.338 e. The van der Waals surface area contributed by atoms with Crippen LogP contribution in [0.15, 0.2) is 35.5 Å². The molecule has 1 unspecified atom stereocenters. The van der Waals surface area contributed by atoms with Crippen LogP contribution in [0.3, 0.4) is 0 Å². The van der Waals surface area contributed by atoms with Crippen molar-refractivity contribution in [2.24, 2.45) is 0 Å². The summed E-state index contributed by atoms with van der Waals surface area (Å²) in [6, 6.07) is 4.57. The fourth-order valence-electron chi connectivity index (χ4n) is 4.19. The molecule has 0 aliphatic carbocycles. The molecule has 0 radical (unpaired) electrons. The van der Waals surface area contributed by atoms with Crippen LogP contribution >= 0.6 is 0 Å². The van der Waals surface area contributed by atoms with Crippen molar-refractivity contribution in [1.82, 2.24) is 25.3 Å². The largest absolute Gasteiger partial charge is 0.463 e. The van der Waals surface area contributed by atoms with Gasteiger partial charge >= 0.3 is 18.0 Å². The van der Waals surface area contributed by atoms with Crippen LogP contribution in [0, 0.1) is 5.82 Å². The minimum absolute atomic E-state index is 0.0574. The molecule has 2 aliphatic rings. The predicted molar refractivity (Wildman–Crippen MR) is 125 cm³/mol. The Labute approximate surface area is 199 Å². The number of esters is 1. The Hall–Kier alpha value is -3.14. The highest BCUT2D eigenvalue weighted by Gasteiger charge is 2.37. The molecule has 10 heteroatoms. The lowest BCUT2D eigenvalue weighted by atomic mass is 9.94. The van der Waals surface area contributed by atoms with Gasteiger partial charge in [0.25, 0.3) is 0 Å². The first-order valence-corrected chi connectivity index (χ1v) is 11.7. The molecule has 4 amide bonds. The van der Waals surface area contributed by atoms with Crippen LogP contribution in [0.1, 0.15) is 38.8 Å². The normalized spacial score (nSPS) is 19.7. The Kier molecular flexibility index (Phi) is 8.49. The van der Waals surface area contributed by atoms with Gasteiger partial charge in [-0.1, -0.05) is 12.1 Å². The summed E-state index contributed by atoms with van der Waals surface area (Å²) < 4.78 is 18.9. The topological polar surface area (TPSA) is 94.2 Å². The van der Waals surface area contributed by atoms with E-state index in [4.69, 9.17) is 4.74 Å². The van der Waals surface area contributed by atoms with Gasteiger partial charge in [-0.15, -0.1) is 0 Å². The molecule has 2 N–H and O–H groups in total. The van der Waals surface area contributed by atoms with Gasteiger partial charge < -0.3 is 20.3 Å². The molecule has 1 saturated heterocycles. The zero-order valence-corrected chi connectivity index (χ0v) is 20.3. The van der Waals surface area contributed by atoms with E-state index in [0.29, 0.717) is 49.6 Å². The van der Waals surface area contributed by atoms with Crippen LogP contribution in [0.4, 0.5) is 14.0 Å². The number of amides is 4. The molecular weight excluding hydrogens is 441 g/mol. The van der Waals surface area contributed by atoms with Crippen molar-refractivity contribution in [2.45, 2.75) is 39.3 Å². The standard InChI is InChI=1S/C24H34FN5O4/c1-5-34-22(31)20-19(15-29-11-6-12-30(14-13-29)24(33)26-16(2)3)28(4)23(32)27-21(20)17-7-9-18(25)10-8-17/h7-10,16,21H,5-6,11-15H2,1-4H3,(H,26,33)(H,27,32). The average molecular weight is 476 g/mol. The summed E-state index contributed by atoms with van der Waals surface area (Å²) in [5.74, 6) is -0.924. The average Bonchev–Trinajstić information content (AvgIpc) is 3.02. The molecule has 1 aromatic rings. The van der Waals surface area contributed by atoms with E-state index in [9.17, 15) is 18.8 Å². The lowest BCUT2D eigenvalue weighted by Gasteiger charge is -2.36. The number of carbonyl (C=O) groups is 3. The number of carbonyl (C=O) groups excluding carboxylic acids is 3. The fourth-order valence-corrected chi connectivity index (χ4v) is 4.19. The summed E-state index contributed by atoms with van der Waals surface area (Å²) in [5.41, 5.74) is 1.46. The second kappa shape index (κ2) is 11.3. The maximum absolute atomic E-state index is 13.5. The lowest BCUT2D eigenvalue weighted by Crippen LogP contribution is -2.49. The molecule has 1 fully saturated rings. The summed E-state index contributed by atoms with van der Waals surface area (Å²) in [7, 11) is 1.62. The number of nitrogens with zero attached hydrogens (tertiary/aromatic N) is 3. The molecule has 2 heterocycles. The third-order valence-electron chi connectivity index (χ3n) is 5.94. The van der Waals surface area contributed by atoms with Crippen LogP contribution in [-0.4, -0.2) is 85.2 Å². The lowest BCUT2D eigenvalue weighted by molar-refractivity contribution is -0.139. The fraction of sp³-hybridized carbons (Fsp3) is 0.542. The molecule has 34 heavy (non-hydrogen) atoms. The summed E-state index contributed by atoms with van der Waals surface area (Å²) in [6.07, 6.45) is 0.769. The second-order valence-electron chi connectivity index (χ2n) is 8.79. The van der Waals surface area contributed by atoms with Crippen molar-refractivity contribution in [3.63, 3.8) is 0 Å². The van der Waals surface area contributed by atoms with Gasteiger partial charge in [0.1, 0.15) is 5.82 Å². The first-order chi connectivity index (χ1) is 16.2. The van der Waals surface area contributed by atoms with Crippen LogP contribution < -0.4 is 10.6 Å². The van der Waals surface area contributed by atoms with E-state index >= 15 is 0 Å². The molecule has 3 rings (SSSR count). The Morgan fingerprint density at radius 1 is 1.18 bits per heavy atom. The van der Waals surface area contributed by atoms with E-state index < -0.39 is 17.8 Å². The molecule has 9 nitrogen and oxygen atoms in total. The molecule has 186 valence electrons. The van der Waals surface area contributed by atoms with E-state index in [0.717, 1.165) is 6.42 Å². The number of hydrogen-bond acceptors (Lipinski definition) is 5. The summed E-state index contributed by atoms with van der Waals surface area (Å²) in [5, 5.41) is 5.76. The Morgan fingerprint density at radius 3 is 2.53 bits per heavy atom. The number of likely N-dealkylation sites (N-methyl/N-ethyl adjacent to an activating group) is 1. The monoisotopic (exact) mass is 475 g/mol. The second-order valence-corrected chi connectivity index (χ2v) is 8.79. The van der Waals surface area contributed by atoms with E-state index in [-0.39, 0.29) is 24.7 Å². The number of rotatable bonds is 6. The van der Waals surface area contributed by atoms with Gasteiger partial charge in [-0.2, -0.15) is 0 Å². The van der Waals surface area contributed by atoms with E-state index in [2.05, 4.69) is 15.5 Å². The molecular formula is C24H34FN5O4. The highest BCUT2D eigenvalue weighted by molar-refractivity contribution is 5.95. The Bertz CT molecular complexity index is 934. The summed E-state index contributed by atoms with van der Waals surface area (Å²) in [6.45, 7) is 8.58. The van der Waals surface area contributed by atoms with Crippen molar-refractivity contribution in [3.8, 4) is 0 Å². The molecule has 1 atom stereocenters. The van der Waals surface area contributed by atoms with Crippen molar-refractivity contribution < 1.29 is 23.5 Å². The quantitative estimate of drug-likeness (QED) is 0.617. The van der Waals surface area contributed by atoms with Gasteiger partial charge in [-0.3, -0.25) is 9.80 Å². The maximum atomic E-state index is 13.5. The highest BCUT2D eigenvalue weighted by Crippen LogP contribution is 2.31. The molecule has 1 aromatic carbocycles. The van der Waals surface area contributed by atoms with Crippen LogP contribution in [0.2, 0.25) is 0 Å². The van der Waals surface area contributed by atoms with Crippen molar-refractivity contribution in [3.05, 3.63) is 46.9 Å². The third-order valence-corrected chi connectivity index (χ3v) is 5.94. The Balaban J connectivity index is 1.89. The zero-order valence-electron chi connectivity index (χ0n) is 20.3. The van der Waals surface area contributed by atoms with E-state index in [1.807, 2.05) is 13.8 Å². The Morgan fingerprint density at radius 2 is 1.88 bits per heavy atom. The first-order valence-electron chi connectivity index (χ1n) is 11.7. The molecule has 0 aromatic heterocycles. The van der Waals surface area contributed by atoms with Crippen LogP contribution in [0.25, 0.3) is 0 Å². The number of hydrogen-bond donors (Lipinski definition) is 2. The minimum atomic E-state index is -0.751. The summed E-state index contributed by atoms with van der Waals surface area (Å²) >= 11 is 0. The molecule has 0 saturated carbocycles. The summed E-state index contributed by atoms with van der Waals surface area (Å²) in [4.78, 5) is 43.6. The van der Waals surface area contributed by atoms with E-state index in [1.165, 1.54) is 17.0 Å². The SMILES string of the molecule is CCOC(=O)C1=C(CN2CCCN(C(=O)NC(C)C)CC2)N(C)C(=O)NC1c1ccc(F)cc1. The molecule has 2 aliphatic heterocycles. The first kappa shape index (κ1) is 25.5. The number of urea groups is 2. The van der Waals surface area contributed by atoms with Crippen molar-refractivity contribution >= 4 is 18.0 Å². The number of benzene rings is 1. The maximum Gasteiger partial charge on any atom is 0.338 e. The number of nitrogens with one attached hydrogen (secondary N) is 2. The van der Waals surface area contributed by atoms with Crippen molar-refractivity contribution in [2.75, 3.05) is 46.4 Å².